The van der Waals surface area contributed by atoms with Crippen LogP contribution in [0.1, 0.15) is 16.4 Å². The van der Waals surface area contributed by atoms with Gasteiger partial charge in [0, 0.05) is 6.07 Å². The zero-order valence-electron chi connectivity index (χ0n) is 16.0. The fraction of sp³-hybridized carbons (Fsp3) is 0.130. The number of nitrogens with zero attached hydrogens (tertiary/aromatic N) is 2. The molecule has 0 saturated heterocycles. The molecule has 0 amide bonds. The number of hydrogen-bond acceptors (Lipinski definition) is 6. The van der Waals surface area contributed by atoms with Crippen LogP contribution in [0.4, 0.5) is 0 Å². The molecule has 0 unspecified atom stereocenters. The summed E-state index contributed by atoms with van der Waals surface area (Å²) in [6.45, 7) is 0. The van der Waals surface area contributed by atoms with E-state index in [-0.39, 0.29) is 5.25 Å². The molecule has 6 heteroatoms. The van der Waals surface area contributed by atoms with Crippen molar-refractivity contribution in [3.8, 4) is 34.1 Å². The maximum atomic E-state index is 6.00. The summed E-state index contributed by atoms with van der Waals surface area (Å²) in [6.07, 6.45) is 0. The first kappa shape index (κ1) is 17.8. The van der Waals surface area contributed by atoms with Crippen LogP contribution >= 0.6 is 11.8 Å². The number of thioether (sulfide) groups is 1. The van der Waals surface area contributed by atoms with Gasteiger partial charge in [0.15, 0.2) is 0 Å². The second kappa shape index (κ2) is 7.29. The van der Waals surface area contributed by atoms with Gasteiger partial charge >= 0.3 is 0 Å². The molecule has 144 valence electrons. The molecule has 0 aliphatic heterocycles. The Morgan fingerprint density at radius 3 is 2.14 bits per heavy atom. The molecular formula is C23H18N2O3S. The van der Waals surface area contributed by atoms with Crippen LogP contribution in [0.2, 0.25) is 0 Å². The highest BCUT2D eigenvalue weighted by Crippen LogP contribution is 2.52. The smallest absolute Gasteiger partial charge is 0.277 e. The second-order valence-corrected chi connectivity index (χ2v) is 7.67. The molecule has 0 saturated carbocycles. The first-order chi connectivity index (χ1) is 14.3. The number of rotatable bonds is 5. The lowest BCUT2D eigenvalue weighted by Gasteiger charge is -2.10. The Hall–Kier alpha value is -3.25. The summed E-state index contributed by atoms with van der Waals surface area (Å²) in [5.41, 5.74) is 5.79. The number of hydrogen-bond donors (Lipinski definition) is 0. The topological polar surface area (TPSA) is 57.4 Å². The molecule has 1 aromatic heterocycles. The first-order valence-corrected chi connectivity index (χ1v) is 10.1. The van der Waals surface area contributed by atoms with Crippen LogP contribution in [0.25, 0.3) is 22.6 Å². The third-order valence-electron chi connectivity index (χ3n) is 5.04. The van der Waals surface area contributed by atoms with Gasteiger partial charge < -0.3 is 13.9 Å². The van der Waals surface area contributed by atoms with Gasteiger partial charge in [-0.15, -0.1) is 10.2 Å². The molecule has 0 spiro atoms. The van der Waals surface area contributed by atoms with E-state index in [1.807, 2.05) is 12.1 Å². The standard InChI is InChI=1S/C23H18N2O3S/c1-26-14-11-12-19(20(13-14)27-2)22-24-25-23(28-22)29-21-17-9-5-3-7-15(17)16-8-4-6-10-18(16)21/h3-13,21H,1-2H3. The highest BCUT2D eigenvalue weighted by molar-refractivity contribution is 7.99. The molecule has 29 heavy (non-hydrogen) atoms. The van der Waals surface area contributed by atoms with Gasteiger partial charge in [-0.25, -0.2) is 0 Å². The highest BCUT2D eigenvalue weighted by atomic mass is 32.2. The SMILES string of the molecule is COc1ccc(-c2nnc(SC3c4ccccc4-c4ccccc43)o2)c(OC)c1. The van der Waals surface area contributed by atoms with Gasteiger partial charge in [0.1, 0.15) is 11.5 Å². The lowest BCUT2D eigenvalue weighted by atomic mass is 10.1. The van der Waals surface area contributed by atoms with Gasteiger partial charge in [-0.1, -0.05) is 60.3 Å². The quantitative estimate of drug-likeness (QED) is 0.432. The van der Waals surface area contributed by atoms with E-state index in [0.717, 1.165) is 5.56 Å². The van der Waals surface area contributed by atoms with Crippen molar-refractivity contribution in [1.29, 1.82) is 0 Å². The Balaban J connectivity index is 1.49. The fourth-order valence-corrected chi connectivity index (χ4v) is 4.76. The summed E-state index contributed by atoms with van der Waals surface area (Å²) >= 11 is 1.57. The van der Waals surface area contributed by atoms with Gasteiger partial charge in [-0.2, -0.15) is 0 Å². The fourth-order valence-electron chi connectivity index (χ4n) is 3.68. The average Bonchev–Trinajstić information content (AvgIpc) is 3.37. The zero-order valence-corrected chi connectivity index (χ0v) is 16.8. The van der Waals surface area contributed by atoms with Gasteiger partial charge in [0.25, 0.3) is 11.1 Å². The maximum Gasteiger partial charge on any atom is 0.277 e. The summed E-state index contributed by atoms with van der Waals surface area (Å²) in [5.74, 6) is 1.76. The maximum absolute atomic E-state index is 6.00. The van der Waals surface area contributed by atoms with Crippen LogP contribution in [0, 0.1) is 0 Å². The Kier molecular flexibility index (Phi) is 4.48. The Morgan fingerprint density at radius 2 is 1.48 bits per heavy atom. The van der Waals surface area contributed by atoms with Gasteiger partial charge in [0.05, 0.1) is 25.0 Å². The Morgan fingerprint density at radius 1 is 0.793 bits per heavy atom. The summed E-state index contributed by atoms with van der Waals surface area (Å²) < 4.78 is 16.7. The summed E-state index contributed by atoms with van der Waals surface area (Å²) in [5, 5.41) is 9.17. The highest BCUT2D eigenvalue weighted by Gasteiger charge is 2.30. The zero-order chi connectivity index (χ0) is 19.8. The van der Waals surface area contributed by atoms with E-state index in [0.29, 0.717) is 22.6 Å². The molecule has 3 aromatic carbocycles. The summed E-state index contributed by atoms with van der Waals surface area (Å²) in [4.78, 5) is 0. The minimum Gasteiger partial charge on any atom is -0.497 e. The Bertz CT molecular complexity index is 1140. The van der Waals surface area contributed by atoms with Crippen molar-refractivity contribution < 1.29 is 13.9 Å². The molecule has 5 nitrogen and oxygen atoms in total. The minimum absolute atomic E-state index is 0.119. The van der Waals surface area contributed by atoms with E-state index < -0.39 is 0 Å². The number of benzene rings is 3. The van der Waals surface area contributed by atoms with Crippen LogP contribution in [0.15, 0.2) is 76.4 Å². The van der Waals surface area contributed by atoms with Crippen molar-refractivity contribution in [2.24, 2.45) is 0 Å². The molecule has 0 atom stereocenters. The second-order valence-electron chi connectivity index (χ2n) is 6.61. The van der Waals surface area contributed by atoms with Crippen LogP contribution in [0.3, 0.4) is 0 Å². The number of methoxy groups -OCH3 is 2. The van der Waals surface area contributed by atoms with Crippen molar-refractivity contribution >= 4 is 11.8 Å². The van der Waals surface area contributed by atoms with Crippen molar-refractivity contribution in [2.45, 2.75) is 10.5 Å². The summed E-state index contributed by atoms with van der Waals surface area (Å²) in [7, 11) is 3.23. The minimum atomic E-state index is 0.119. The lowest BCUT2D eigenvalue weighted by Crippen LogP contribution is -1.91. The van der Waals surface area contributed by atoms with E-state index in [1.54, 1.807) is 32.0 Å². The predicted octanol–water partition coefficient (Wildman–Crippen LogP) is 5.62. The summed E-state index contributed by atoms with van der Waals surface area (Å²) in [6, 6.07) is 22.4. The predicted molar refractivity (Wildman–Crippen MR) is 112 cm³/mol. The Labute approximate surface area is 172 Å². The lowest BCUT2D eigenvalue weighted by molar-refractivity contribution is 0.393. The number of aromatic nitrogens is 2. The molecule has 1 heterocycles. The largest absolute Gasteiger partial charge is 0.497 e. The molecule has 4 aromatic rings. The van der Waals surface area contributed by atoms with Crippen molar-refractivity contribution in [2.75, 3.05) is 14.2 Å². The van der Waals surface area contributed by atoms with Crippen molar-refractivity contribution in [3.63, 3.8) is 0 Å². The first-order valence-electron chi connectivity index (χ1n) is 9.19. The third kappa shape index (κ3) is 3.06. The van der Waals surface area contributed by atoms with E-state index in [2.05, 4.69) is 58.7 Å². The molecule has 5 rings (SSSR count). The van der Waals surface area contributed by atoms with Gasteiger partial charge in [0.2, 0.25) is 0 Å². The van der Waals surface area contributed by atoms with Crippen LogP contribution in [0.5, 0.6) is 11.5 Å². The van der Waals surface area contributed by atoms with E-state index in [9.17, 15) is 0 Å². The number of ether oxygens (including phenoxy) is 2. The molecule has 0 radical (unpaired) electrons. The van der Waals surface area contributed by atoms with E-state index in [4.69, 9.17) is 13.9 Å². The molecule has 0 bridgehead atoms. The van der Waals surface area contributed by atoms with Gasteiger partial charge in [-0.05, 0) is 34.4 Å². The van der Waals surface area contributed by atoms with Crippen molar-refractivity contribution in [1.82, 2.24) is 10.2 Å². The number of fused-ring (bicyclic) bond motifs is 3. The molecule has 1 aliphatic rings. The van der Waals surface area contributed by atoms with Gasteiger partial charge in [-0.3, -0.25) is 0 Å². The van der Waals surface area contributed by atoms with Crippen LogP contribution in [-0.2, 0) is 0 Å². The van der Waals surface area contributed by atoms with Crippen LogP contribution < -0.4 is 9.47 Å². The normalized spacial score (nSPS) is 12.5. The molecular weight excluding hydrogens is 384 g/mol. The third-order valence-corrected chi connectivity index (χ3v) is 6.15. The molecule has 0 fully saturated rings. The average molecular weight is 402 g/mol. The van der Waals surface area contributed by atoms with E-state index in [1.165, 1.54) is 22.3 Å². The van der Waals surface area contributed by atoms with Crippen LogP contribution in [-0.4, -0.2) is 24.4 Å². The molecule has 0 N–H and O–H groups in total. The monoisotopic (exact) mass is 402 g/mol. The molecule has 1 aliphatic carbocycles. The van der Waals surface area contributed by atoms with E-state index >= 15 is 0 Å². The van der Waals surface area contributed by atoms with Crippen molar-refractivity contribution in [3.05, 3.63) is 77.9 Å².